The first-order chi connectivity index (χ1) is 11.3. The summed E-state index contributed by atoms with van der Waals surface area (Å²) in [5.41, 5.74) is 4.49. The maximum absolute atomic E-state index is 11.4. The van der Waals surface area contributed by atoms with Gasteiger partial charge < -0.3 is 10.1 Å². The largest absolute Gasteiger partial charge is 0.453 e. The predicted molar refractivity (Wildman–Crippen MR) is 100 cm³/mol. The lowest BCUT2D eigenvalue weighted by molar-refractivity contribution is 0.159. The zero-order valence-electron chi connectivity index (χ0n) is 15.0. The molecule has 0 saturated carbocycles. The van der Waals surface area contributed by atoms with Gasteiger partial charge in [0, 0.05) is 10.6 Å². The molecule has 2 aromatic rings. The fraction of sp³-hybridized carbons (Fsp3) is 0.350. The molecule has 0 fully saturated rings. The van der Waals surface area contributed by atoms with Crippen LogP contribution in [0.3, 0.4) is 0 Å². The summed E-state index contributed by atoms with van der Waals surface area (Å²) in [7, 11) is 1.37. The number of alkyl carbamates (subject to hydrolysis) is 1. The Morgan fingerprint density at radius 2 is 1.75 bits per heavy atom. The summed E-state index contributed by atoms with van der Waals surface area (Å²) in [5.74, 6) is 0.924. The minimum Gasteiger partial charge on any atom is -0.453 e. The van der Waals surface area contributed by atoms with Crippen LogP contribution in [0.4, 0.5) is 4.79 Å². The van der Waals surface area contributed by atoms with Gasteiger partial charge in [-0.1, -0.05) is 30.3 Å². The summed E-state index contributed by atoms with van der Waals surface area (Å²) in [5, 5.41) is 2.84. The number of hydrogen-bond donors (Lipinski definition) is 1. The molecule has 1 amide bonds. The number of aryl methyl sites for hydroxylation is 2. The fourth-order valence-electron chi connectivity index (χ4n) is 2.37. The second kappa shape index (κ2) is 7.75. The third-order valence-electron chi connectivity index (χ3n) is 4.16. The van der Waals surface area contributed by atoms with E-state index in [0.29, 0.717) is 0 Å². The molecule has 0 heterocycles. The first kappa shape index (κ1) is 18.4. The molecule has 4 heteroatoms. The summed E-state index contributed by atoms with van der Waals surface area (Å²) in [4.78, 5) is 12.7. The van der Waals surface area contributed by atoms with Crippen LogP contribution in [-0.2, 0) is 16.0 Å². The van der Waals surface area contributed by atoms with Gasteiger partial charge in [-0.05, 0) is 62.1 Å². The smallest absolute Gasteiger partial charge is 0.407 e. The monoisotopic (exact) mass is 343 g/mol. The highest BCUT2D eigenvalue weighted by molar-refractivity contribution is 7.98. The van der Waals surface area contributed by atoms with Crippen LogP contribution in [0, 0.1) is 13.8 Å². The molecule has 0 aliphatic carbocycles. The van der Waals surface area contributed by atoms with Gasteiger partial charge in [0.15, 0.2) is 0 Å². The fourth-order valence-corrected chi connectivity index (χ4v) is 3.32. The van der Waals surface area contributed by atoms with Crippen molar-refractivity contribution in [2.75, 3.05) is 7.11 Å². The van der Waals surface area contributed by atoms with Crippen LogP contribution in [0.5, 0.6) is 0 Å². The Morgan fingerprint density at radius 3 is 2.33 bits per heavy atom. The predicted octanol–water partition coefficient (Wildman–Crippen LogP) is 5.19. The topological polar surface area (TPSA) is 38.3 Å². The lowest BCUT2D eigenvalue weighted by atomic mass is 9.94. The molecule has 0 aromatic heterocycles. The van der Waals surface area contributed by atoms with E-state index >= 15 is 0 Å². The summed E-state index contributed by atoms with van der Waals surface area (Å²) >= 11 is 1.83. The molecule has 0 atom stereocenters. The molecule has 0 aliphatic rings. The van der Waals surface area contributed by atoms with Crippen molar-refractivity contribution in [1.82, 2.24) is 5.32 Å². The molecule has 2 aromatic carbocycles. The van der Waals surface area contributed by atoms with Gasteiger partial charge in [-0.2, -0.15) is 0 Å². The van der Waals surface area contributed by atoms with Gasteiger partial charge in [0.1, 0.15) is 0 Å². The van der Waals surface area contributed by atoms with Gasteiger partial charge in [0.2, 0.25) is 0 Å². The Kier molecular flexibility index (Phi) is 5.94. The Bertz CT molecular complexity index is 708. The third kappa shape index (κ3) is 4.78. The number of carbonyl (C=O) groups is 1. The van der Waals surface area contributed by atoms with Crippen LogP contribution < -0.4 is 5.32 Å². The summed E-state index contributed by atoms with van der Waals surface area (Å²) < 4.78 is 4.68. The van der Waals surface area contributed by atoms with E-state index in [-0.39, 0.29) is 0 Å². The van der Waals surface area contributed by atoms with Crippen molar-refractivity contribution in [2.45, 2.75) is 43.9 Å². The number of methoxy groups -OCH3 is 1. The summed E-state index contributed by atoms with van der Waals surface area (Å²) in [6.07, 6.45) is -0.422. The van der Waals surface area contributed by atoms with Gasteiger partial charge in [-0.3, -0.25) is 0 Å². The first-order valence-corrected chi connectivity index (χ1v) is 8.96. The molecule has 0 unspecified atom stereocenters. The highest BCUT2D eigenvalue weighted by Crippen LogP contribution is 2.26. The van der Waals surface area contributed by atoms with Crippen molar-refractivity contribution in [3.8, 4) is 0 Å². The third-order valence-corrected chi connectivity index (χ3v) is 5.22. The molecule has 24 heavy (non-hydrogen) atoms. The molecule has 0 spiro atoms. The van der Waals surface area contributed by atoms with Crippen LogP contribution in [0.1, 0.15) is 36.1 Å². The molecule has 0 radical (unpaired) electrons. The number of rotatable bonds is 5. The van der Waals surface area contributed by atoms with Crippen molar-refractivity contribution in [3.05, 3.63) is 64.7 Å². The number of benzene rings is 2. The number of hydrogen-bond acceptors (Lipinski definition) is 3. The average Bonchev–Trinajstić information content (AvgIpc) is 2.56. The quantitative estimate of drug-likeness (QED) is 0.760. The van der Waals surface area contributed by atoms with Crippen LogP contribution in [0.2, 0.25) is 0 Å². The second-order valence-electron chi connectivity index (χ2n) is 6.47. The van der Waals surface area contributed by atoms with E-state index < -0.39 is 11.6 Å². The Balaban J connectivity index is 2.01. The zero-order chi connectivity index (χ0) is 17.7. The number of nitrogens with one attached hydrogen (secondary N) is 1. The van der Waals surface area contributed by atoms with Gasteiger partial charge >= 0.3 is 6.09 Å². The van der Waals surface area contributed by atoms with Crippen LogP contribution in [0.25, 0.3) is 0 Å². The molecule has 0 saturated heterocycles. The van der Waals surface area contributed by atoms with Crippen molar-refractivity contribution in [3.63, 3.8) is 0 Å². The van der Waals surface area contributed by atoms with Gasteiger partial charge in [0.25, 0.3) is 0 Å². The van der Waals surface area contributed by atoms with Crippen molar-refractivity contribution in [2.24, 2.45) is 0 Å². The first-order valence-electron chi connectivity index (χ1n) is 7.97. The molecule has 3 nitrogen and oxygen atoms in total. The van der Waals surface area contributed by atoms with E-state index in [1.807, 2.05) is 25.6 Å². The van der Waals surface area contributed by atoms with Gasteiger partial charge in [-0.15, -0.1) is 11.8 Å². The van der Waals surface area contributed by atoms with E-state index in [4.69, 9.17) is 0 Å². The minimum atomic E-state index is -0.465. The highest BCUT2D eigenvalue weighted by atomic mass is 32.2. The highest BCUT2D eigenvalue weighted by Gasteiger charge is 2.22. The van der Waals surface area contributed by atoms with Crippen LogP contribution >= 0.6 is 11.8 Å². The molecule has 1 N–H and O–H groups in total. The summed E-state index contributed by atoms with van der Waals surface area (Å²) in [6, 6.07) is 14.9. The molecule has 2 rings (SSSR count). The van der Waals surface area contributed by atoms with E-state index in [0.717, 1.165) is 11.3 Å². The Hall–Kier alpha value is -1.94. The van der Waals surface area contributed by atoms with E-state index in [1.54, 1.807) is 0 Å². The van der Waals surface area contributed by atoms with Crippen molar-refractivity contribution < 1.29 is 9.53 Å². The van der Waals surface area contributed by atoms with Crippen molar-refractivity contribution >= 4 is 17.9 Å². The van der Waals surface area contributed by atoms with Gasteiger partial charge in [0.05, 0.1) is 12.6 Å². The lowest BCUT2D eigenvalue weighted by Gasteiger charge is -2.26. The van der Waals surface area contributed by atoms with Crippen LogP contribution in [0.15, 0.2) is 47.4 Å². The van der Waals surface area contributed by atoms with E-state index in [1.165, 1.54) is 28.7 Å². The number of carbonyl (C=O) groups excluding carboxylic acids is 1. The second-order valence-corrected chi connectivity index (χ2v) is 7.52. The van der Waals surface area contributed by atoms with E-state index in [2.05, 4.69) is 66.4 Å². The average molecular weight is 343 g/mol. The molecule has 0 bridgehead atoms. The maximum Gasteiger partial charge on any atom is 0.407 e. The van der Waals surface area contributed by atoms with E-state index in [9.17, 15) is 4.79 Å². The number of amides is 1. The summed E-state index contributed by atoms with van der Waals surface area (Å²) in [6.45, 7) is 8.20. The molecular formula is C20H25NO2S. The van der Waals surface area contributed by atoms with Crippen molar-refractivity contribution in [1.29, 1.82) is 0 Å². The molecule has 0 aliphatic heterocycles. The standard InChI is InChI=1S/C20H25NO2S/c1-14-6-11-18(12-15(14)2)24-13-16-7-9-17(10-8-16)20(3,4)21-19(22)23-5/h6-12H,13H2,1-5H3,(H,21,22). The van der Waals surface area contributed by atoms with Gasteiger partial charge in [-0.25, -0.2) is 4.79 Å². The Morgan fingerprint density at radius 1 is 1.08 bits per heavy atom. The normalized spacial score (nSPS) is 11.2. The maximum atomic E-state index is 11.4. The minimum absolute atomic E-state index is 0.422. The SMILES string of the molecule is COC(=O)NC(C)(C)c1ccc(CSc2ccc(C)c(C)c2)cc1. The molecule has 128 valence electrons. The Labute approximate surface area is 148 Å². The van der Waals surface area contributed by atoms with Crippen LogP contribution in [-0.4, -0.2) is 13.2 Å². The number of thioether (sulfide) groups is 1. The lowest BCUT2D eigenvalue weighted by Crippen LogP contribution is -2.40. The zero-order valence-corrected chi connectivity index (χ0v) is 15.8. The number of ether oxygens (including phenoxy) is 1. The molecular weight excluding hydrogens is 318 g/mol.